The zero-order valence-corrected chi connectivity index (χ0v) is 16.4. The van der Waals surface area contributed by atoms with Gasteiger partial charge in [-0.15, -0.1) is 0 Å². The van der Waals surface area contributed by atoms with Gasteiger partial charge in [0.1, 0.15) is 5.78 Å². The van der Waals surface area contributed by atoms with Crippen LogP contribution >= 0.6 is 0 Å². The van der Waals surface area contributed by atoms with Crippen molar-refractivity contribution in [2.45, 2.75) is 44.8 Å². The molecule has 2 aromatic carbocycles. The maximum atomic E-state index is 13.1. The van der Waals surface area contributed by atoms with Crippen molar-refractivity contribution in [3.05, 3.63) is 59.7 Å². The van der Waals surface area contributed by atoms with Crippen molar-refractivity contribution >= 4 is 23.1 Å². The van der Waals surface area contributed by atoms with Gasteiger partial charge in [-0.25, -0.2) is 0 Å². The molecular weight excluding hydrogens is 393 g/mol. The van der Waals surface area contributed by atoms with E-state index < -0.39 is 17.2 Å². The van der Waals surface area contributed by atoms with Gasteiger partial charge < -0.3 is 10.6 Å². The van der Waals surface area contributed by atoms with Crippen molar-refractivity contribution in [1.82, 2.24) is 5.32 Å². The van der Waals surface area contributed by atoms with E-state index in [1.807, 2.05) is 0 Å². The Morgan fingerprint density at radius 2 is 1.67 bits per heavy atom. The number of Topliss-reactive ketones (excluding diaryl/α,β-unsaturated/α-hetero) is 1. The highest BCUT2D eigenvalue weighted by molar-refractivity contribution is 5.93. The van der Waals surface area contributed by atoms with E-state index in [0.29, 0.717) is 18.7 Å². The van der Waals surface area contributed by atoms with E-state index in [-0.39, 0.29) is 23.3 Å². The van der Waals surface area contributed by atoms with Crippen LogP contribution in [0.15, 0.2) is 48.5 Å². The molecule has 1 amide bonds. The number of benzene rings is 2. The fourth-order valence-electron chi connectivity index (χ4n) is 3.59. The molecule has 7 heteroatoms. The molecule has 0 aliphatic heterocycles. The highest BCUT2D eigenvalue weighted by Gasteiger charge is 2.52. The highest BCUT2D eigenvalue weighted by Crippen LogP contribution is 2.51. The minimum atomic E-state index is -4.44. The Labute approximate surface area is 172 Å². The summed E-state index contributed by atoms with van der Waals surface area (Å²) in [4.78, 5) is 24.6. The number of alkyl halides is 3. The van der Waals surface area contributed by atoms with E-state index in [0.717, 1.165) is 37.3 Å². The molecule has 2 fully saturated rings. The lowest BCUT2D eigenvalue weighted by Gasteiger charge is -2.16. The summed E-state index contributed by atoms with van der Waals surface area (Å²) >= 11 is 0. The number of anilines is 2. The Bertz CT molecular complexity index is 946. The lowest BCUT2D eigenvalue weighted by atomic mass is 9.96. The van der Waals surface area contributed by atoms with Crippen LogP contribution < -0.4 is 10.6 Å². The third-order valence-corrected chi connectivity index (χ3v) is 5.80. The number of carbonyl (C=O) groups is 2. The molecule has 0 bridgehead atoms. The molecule has 2 aromatic rings. The van der Waals surface area contributed by atoms with Gasteiger partial charge in [0.25, 0.3) is 0 Å². The Hall–Kier alpha value is -2.83. The minimum Gasteiger partial charge on any atom is -0.355 e. The number of ketones is 1. The summed E-state index contributed by atoms with van der Waals surface area (Å²) in [5.41, 5.74) is 0.0966. The molecule has 2 aliphatic carbocycles. The quantitative estimate of drug-likeness (QED) is 0.621. The van der Waals surface area contributed by atoms with Crippen LogP contribution in [0.5, 0.6) is 0 Å². The molecule has 0 unspecified atom stereocenters. The summed E-state index contributed by atoms with van der Waals surface area (Å²) in [6.45, 7) is 0.317. The molecule has 0 spiro atoms. The number of hydrogen-bond donors (Lipinski definition) is 2. The van der Waals surface area contributed by atoms with Gasteiger partial charge in [0.15, 0.2) is 0 Å². The predicted molar refractivity (Wildman–Crippen MR) is 107 cm³/mol. The molecule has 0 heterocycles. The highest BCUT2D eigenvalue weighted by atomic mass is 19.4. The Morgan fingerprint density at radius 1 is 1.00 bits per heavy atom. The molecule has 2 N–H and O–H groups in total. The van der Waals surface area contributed by atoms with Crippen LogP contribution in [0.2, 0.25) is 0 Å². The van der Waals surface area contributed by atoms with Gasteiger partial charge in [-0.05, 0) is 55.5 Å². The maximum Gasteiger partial charge on any atom is 0.418 e. The summed E-state index contributed by atoms with van der Waals surface area (Å²) in [5, 5.41) is 5.70. The first-order chi connectivity index (χ1) is 14.3. The van der Waals surface area contributed by atoms with E-state index in [4.69, 9.17) is 0 Å². The average Bonchev–Trinajstić information content (AvgIpc) is 3.61. The van der Waals surface area contributed by atoms with Crippen molar-refractivity contribution < 1.29 is 22.8 Å². The van der Waals surface area contributed by atoms with Crippen LogP contribution in [0.4, 0.5) is 24.5 Å². The fourth-order valence-corrected chi connectivity index (χ4v) is 3.59. The number of rotatable bonds is 8. The minimum absolute atomic E-state index is 0.0120. The van der Waals surface area contributed by atoms with Crippen LogP contribution in [0.1, 0.15) is 43.2 Å². The lowest BCUT2D eigenvalue weighted by molar-refractivity contribution is -0.137. The van der Waals surface area contributed by atoms with E-state index >= 15 is 0 Å². The third-order valence-electron chi connectivity index (χ3n) is 5.80. The molecule has 4 rings (SSSR count). The number of nitrogens with one attached hydrogen (secondary N) is 2. The molecule has 0 aromatic heterocycles. The zero-order valence-electron chi connectivity index (χ0n) is 16.4. The van der Waals surface area contributed by atoms with Crippen molar-refractivity contribution in [3.63, 3.8) is 0 Å². The monoisotopic (exact) mass is 416 g/mol. The summed E-state index contributed by atoms with van der Waals surface area (Å²) in [6, 6.07) is 12.2. The van der Waals surface area contributed by atoms with Crippen molar-refractivity contribution in [2.24, 2.45) is 11.3 Å². The summed E-state index contributed by atoms with van der Waals surface area (Å²) in [5.74, 6) is 0.285. The molecule has 2 saturated carbocycles. The Kier molecular flexibility index (Phi) is 5.30. The predicted octanol–water partition coefficient (Wildman–Crippen LogP) is 5.21. The van der Waals surface area contributed by atoms with Gasteiger partial charge in [-0.1, -0.05) is 24.3 Å². The smallest absolute Gasteiger partial charge is 0.355 e. The van der Waals surface area contributed by atoms with Gasteiger partial charge >= 0.3 is 6.18 Å². The number of para-hydroxylation sites is 1. The maximum absolute atomic E-state index is 13.1. The largest absolute Gasteiger partial charge is 0.418 e. The fraction of sp³-hybridized carbons (Fsp3) is 0.391. The van der Waals surface area contributed by atoms with Crippen LogP contribution in [0.3, 0.4) is 0 Å². The number of carbonyl (C=O) groups excluding carboxylic acids is 2. The van der Waals surface area contributed by atoms with E-state index in [2.05, 4.69) is 10.6 Å². The standard InChI is InChI=1S/C23H23F3N2O2/c24-23(25,26)18-3-1-2-4-19(18)28-17-9-5-15(6-10-17)14-27-21(30)22(11-12-22)13-20(29)16-7-8-16/h1-6,9-10,16,28H,7-8,11-14H2,(H,27,30). The van der Waals surface area contributed by atoms with Gasteiger partial charge in [0, 0.05) is 24.6 Å². The van der Waals surface area contributed by atoms with Crippen LogP contribution in [0, 0.1) is 11.3 Å². The number of halogens is 3. The summed E-state index contributed by atoms with van der Waals surface area (Å²) < 4.78 is 39.4. The molecular formula is C23H23F3N2O2. The molecule has 2 aliphatic rings. The summed E-state index contributed by atoms with van der Waals surface area (Å²) in [7, 11) is 0. The number of amides is 1. The Morgan fingerprint density at radius 3 is 2.27 bits per heavy atom. The number of hydrogen-bond acceptors (Lipinski definition) is 3. The topological polar surface area (TPSA) is 58.2 Å². The second kappa shape index (κ2) is 7.78. The van der Waals surface area contributed by atoms with Crippen LogP contribution in [-0.2, 0) is 22.3 Å². The Balaban J connectivity index is 1.33. The molecule has 0 atom stereocenters. The molecule has 4 nitrogen and oxygen atoms in total. The summed E-state index contributed by atoms with van der Waals surface area (Å²) in [6.07, 6.45) is -0.704. The SMILES string of the molecule is O=C(CC1(C(=O)NCc2ccc(Nc3ccccc3C(F)(F)F)cc2)CC1)C1CC1. The van der Waals surface area contributed by atoms with Gasteiger partial charge in [-0.3, -0.25) is 9.59 Å². The normalized spacial score (nSPS) is 17.3. The second-order valence-electron chi connectivity index (χ2n) is 8.25. The van der Waals surface area contributed by atoms with Gasteiger partial charge in [0.2, 0.25) is 5.91 Å². The van der Waals surface area contributed by atoms with Crippen molar-refractivity contribution in [1.29, 1.82) is 0 Å². The first kappa shape index (κ1) is 20.4. The zero-order chi connectivity index (χ0) is 21.4. The molecule has 0 radical (unpaired) electrons. The molecule has 158 valence electrons. The average molecular weight is 416 g/mol. The van der Waals surface area contributed by atoms with Crippen molar-refractivity contribution in [2.75, 3.05) is 5.32 Å². The third kappa shape index (κ3) is 4.66. The first-order valence-electron chi connectivity index (χ1n) is 10.1. The van der Waals surface area contributed by atoms with E-state index in [1.54, 1.807) is 30.3 Å². The second-order valence-corrected chi connectivity index (χ2v) is 8.25. The van der Waals surface area contributed by atoms with Crippen molar-refractivity contribution in [3.8, 4) is 0 Å². The lowest BCUT2D eigenvalue weighted by Crippen LogP contribution is -2.33. The van der Waals surface area contributed by atoms with Gasteiger partial charge in [-0.2, -0.15) is 13.2 Å². The van der Waals surface area contributed by atoms with E-state index in [9.17, 15) is 22.8 Å². The first-order valence-corrected chi connectivity index (χ1v) is 10.1. The van der Waals surface area contributed by atoms with Gasteiger partial charge in [0.05, 0.1) is 16.7 Å². The van der Waals surface area contributed by atoms with Crippen LogP contribution in [0.25, 0.3) is 0 Å². The van der Waals surface area contributed by atoms with E-state index in [1.165, 1.54) is 12.1 Å². The molecule has 0 saturated heterocycles. The molecule has 30 heavy (non-hydrogen) atoms. The van der Waals surface area contributed by atoms with Crippen LogP contribution in [-0.4, -0.2) is 11.7 Å².